The second kappa shape index (κ2) is 5.65. The van der Waals surface area contributed by atoms with Crippen molar-refractivity contribution in [1.29, 1.82) is 0 Å². The van der Waals surface area contributed by atoms with Gasteiger partial charge in [-0.25, -0.2) is 0 Å². The van der Waals surface area contributed by atoms with Crippen molar-refractivity contribution < 1.29 is 17.9 Å². The Bertz CT molecular complexity index is 552. The molecule has 100 valence electrons. The normalized spacial score (nSPS) is 11.4. The number of rotatable bonds is 3. The van der Waals surface area contributed by atoms with Crippen LogP contribution in [0, 0.1) is 0 Å². The van der Waals surface area contributed by atoms with Crippen molar-refractivity contribution in [3.8, 4) is 11.5 Å². The van der Waals surface area contributed by atoms with Crippen LogP contribution in [0.15, 0.2) is 48.5 Å². The molecule has 0 unspecified atom stereocenters. The van der Waals surface area contributed by atoms with Crippen LogP contribution >= 0.6 is 15.9 Å². The zero-order valence-corrected chi connectivity index (χ0v) is 11.3. The number of para-hydroxylation sites is 1. The molecule has 0 aromatic heterocycles. The van der Waals surface area contributed by atoms with E-state index in [0.717, 1.165) is 6.07 Å². The number of halogens is 4. The Hall–Kier alpha value is -1.49. The molecule has 0 N–H and O–H groups in total. The van der Waals surface area contributed by atoms with Gasteiger partial charge in [-0.05, 0) is 29.8 Å². The molecule has 19 heavy (non-hydrogen) atoms. The molecule has 0 aliphatic rings. The van der Waals surface area contributed by atoms with Crippen LogP contribution in [0.25, 0.3) is 0 Å². The molecule has 0 saturated carbocycles. The average molecular weight is 331 g/mol. The highest BCUT2D eigenvalue weighted by atomic mass is 79.9. The predicted octanol–water partition coefficient (Wildman–Crippen LogP) is 5.39. The highest BCUT2D eigenvalue weighted by Gasteiger charge is 2.33. The van der Waals surface area contributed by atoms with E-state index in [2.05, 4.69) is 15.9 Å². The van der Waals surface area contributed by atoms with Crippen molar-refractivity contribution in [1.82, 2.24) is 0 Å². The Morgan fingerprint density at radius 3 is 2.21 bits per heavy atom. The molecule has 2 aromatic rings. The quantitative estimate of drug-likeness (QED) is 0.685. The Labute approximate surface area is 117 Å². The summed E-state index contributed by atoms with van der Waals surface area (Å²) in [6, 6.07) is 12.7. The Morgan fingerprint density at radius 1 is 0.947 bits per heavy atom. The maximum Gasteiger partial charge on any atom is 0.416 e. The van der Waals surface area contributed by atoms with Crippen LogP contribution in [-0.2, 0) is 11.5 Å². The van der Waals surface area contributed by atoms with Gasteiger partial charge in [0.25, 0.3) is 0 Å². The van der Waals surface area contributed by atoms with Crippen LogP contribution in [0.3, 0.4) is 0 Å². The van der Waals surface area contributed by atoms with Gasteiger partial charge in [0.1, 0.15) is 11.5 Å². The summed E-state index contributed by atoms with van der Waals surface area (Å²) in [5.41, 5.74) is -0.495. The highest BCUT2D eigenvalue weighted by molar-refractivity contribution is 9.08. The summed E-state index contributed by atoms with van der Waals surface area (Å²) in [5.74, 6) is 0.672. The maximum absolute atomic E-state index is 12.9. The summed E-state index contributed by atoms with van der Waals surface area (Å²) in [7, 11) is 0. The van der Waals surface area contributed by atoms with Gasteiger partial charge in [-0.15, -0.1) is 0 Å². The van der Waals surface area contributed by atoms with E-state index in [1.165, 1.54) is 12.1 Å². The summed E-state index contributed by atoms with van der Waals surface area (Å²) in [6.07, 6.45) is -4.39. The second-order valence-electron chi connectivity index (χ2n) is 3.87. The molecule has 0 radical (unpaired) electrons. The smallest absolute Gasteiger partial charge is 0.416 e. The third-order valence-electron chi connectivity index (χ3n) is 2.51. The first kappa shape index (κ1) is 13.9. The van der Waals surface area contributed by atoms with Crippen molar-refractivity contribution in [2.75, 3.05) is 0 Å². The number of hydrogen-bond acceptors (Lipinski definition) is 1. The van der Waals surface area contributed by atoms with Gasteiger partial charge in [0, 0.05) is 5.33 Å². The molecule has 1 nitrogen and oxygen atoms in total. The summed E-state index contributed by atoms with van der Waals surface area (Å²) >= 11 is 3.05. The molecule has 0 bridgehead atoms. The fraction of sp³-hybridized carbons (Fsp3) is 0.143. The second-order valence-corrected chi connectivity index (χ2v) is 4.43. The average Bonchev–Trinajstić information content (AvgIpc) is 2.39. The first-order chi connectivity index (χ1) is 9.00. The van der Waals surface area contributed by atoms with E-state index in [0.29, 0.717) is 5.75 Å². The van der Waals surface area contributed by atoms with Gasteiger partial charge >= 0.3 is 6.18 Å². The lowest BCUT2D eigenvalue weighted by molar-refractivity contribution is -0.138. The summed E-state index contributed by atoms with van der Waals surface area (Å²) in [5, 5.41) is 0.146. The van der Waals surface area contributed by atoms with Gasteiger partial charge in [-0.3, -0.25) is 0 Å². The van der Waals surface area contributed by atoms with Gasteiger partial charge in [-0.1, -0.05) is 40.2 Å². The fourth-order valence-electron chi connectivity index (χ4n) is 1.62. The number of alkyl halides is 4. The third kappa shape index (κ3) is 3.50. The van der Waals surface area contributed by atoms with Gasteiger partial charge < -0.3 is 4.74 Å². The van der Waals surface area contributed by atoms with Crippen LogP contribution in [0.5, 0.6) is 11.5 Å². The van der Waals surface area contributed by atoms with E-state index in [9.17, 15) is 13.2 Å². The summed E-state index contributed by atoms with van der Waals surface area (Å²) < 4.78 is 44.0. The van der Waals surface area contributed by atoms with Gasteiger partial charge in [-0.2, -0.15) is 13.2 Å². The van der Waals surface area contributed by atoms with Crippen LogP contribution in [0.4, 0.5) is 13.2 Å². The minimum absolute atomic E-state index is 0.146. The largest absolute Gasteiger partial charge is 0.457 e. The lowest BCUT2D eigenvalue weighted by Crippen LogP contribution is -2.08. The van der Waals surface area contributed by atoms with Crippen molar-refractivity contribution in [3.05, 3.63) is 59.7 Å². The van der Waals surface area contributed by atoms with Crippen LogP contribution in [-0.4, -0.2) is 0 Å². The van der Waals surface area contributed by atoms with Crippen molar-refractivity contribution in [2.24, 2.45) is 0 Å². The molecule has 0 aliphatic carbocycles. The molecular formula is C14H10BrF3O. The molecule has 0 heterocycles. The SMILES string of the molecule is FC(F)(F)c1cc(Oc2ccccc2)ccc1CBr. The van der Waals surface area contributed by atoms with E-state index in [1.54, 1.807) is 24.3 Å². The molecule has 0 amide bonds. The van der Waals surface area contributed by atoms with Gasteiger partial charge in [0.05, 0.1) is 5.56 Å². The highest BCUT2D eigenvalue weighted by Crippen LogP contribution is 2.36. The summed E-state index contributed by atoms with van der Waals surface area (Å²) in [6.45, 7) is 0. The topological polar surface area (TPSA) is 9.23 Å². The monoisotopic (exact) mass is 330 g/mol. The third-order valence-corrected chi connectivity index (χ3v) is 3.11. The number of benzene rings is 2. The zero-order chi connectivity index (χ0) is 13.9. The Kier molecular flexibility index (Phi) is 4.14. The Balaban J connectivity index is 2.33. The minimum Gasteiger partial charge on any atom is -0.457 e. The fourth-order valence-corrected chi connectivity index (χ4v) is 2.11. The molecule has 2 aromatic carbocycles. The molecule has 5 heteroatoms. The zero-order valence-electron chi connectivity index (χ0n) is 9.75. The van der Waals surface area contributed by atoms with Crippen molar-refractivity contribution in [2.45, 2.75) is 11.5 Å². The molecule has 2 rings (SSSR count). The van der Waals surface area contributed by atoms with Crippen molar-refractivity contribution in [3.63, 3.8) is 0 Å². The molecular weight excluding hydrogens is 321 g/mol. The Morgan fingerprint density at radius 2 is 1.63 bits per heavy atom. The van der Waals surface area contributed by atoms with E-state index in [4.69, 9.17) is 4.74 Å². The standard InChI is InChI=1S/C14H10BrF3O/c15-9-10-6-7-12(8-13(10)14(16,17)18)19-11-4-2-1-3-5-11/h1-8H,9H2. The van der Waals surface area contributed by atoms with Crippen LogP contribution in [0.1, 0.15) is 11.1 Å². The summed E-state index contributed by atoms with van der Waals surface area (Å²) in [4.78, 5) is 0. The van der Waals surface area contributed by atoms with Gasteiger partial charge in [0.2, 0.25) is 0 Å². The molecule has 0 atom stereocenters. The minimum atomic E-state index is -4.39. The van der Waals surface area contributed by atoms with E-state index < -0.39 is 11.7 Å². The van der Waals surface area contributed by atoms with E-state index in [-0.39, 0.29) is 16.6 Å². The molecule has 0 fully saturated rings. The maximum atomic E-state index is 12.9. The molecule has 0 aliphatic heterocycles. The van der Waals surface area contributed by atoms with Crippen LogP contribution in [0.2, 0.25) is 0 Å². The van der Waals surface area contributed by atoms with Crippen molar-refractivity contribution >= 4 is 15.9 Å². The van der Waals surface area contributed by atoms with E-state index in [1.807, 2.05) is 6.07 Å². The first-order valence-electron chi connectivity index (χ1n) is 5.49. The lowest BCUT2D eigenvalue weighted by Gasteiger charge is -2.13. The number of ether oxygens (including phenoxy) is 1. The van der Waals surface area contributed by atoms with E-state index >= 15 is 0 Å². The molecule has 0 saturated heterocycles. The van der Waals surface area contributed by atoms with Gasteiger partial charge in [0.15, 0.2) is 0 Å². The number of hydrogen-bond donors (Lipinski definition) is 0. The van der Waals surface area contributed by atoms with Crippen LogP contribution < -0.4 is 4.74 Å². The predicted molar refractivity (Wildman–Crippen MR) is 70.6 cm³/mol. The first-order valence-corrected chi connectivity index (χ1v) is 6.62. The molecule has 0 spiro atoms. The lowest BCUT2D eigenvalue weighted by atomic mass is 10.1.